The van der Waals surface area contributed by atoms with Crippen molar-refractivity contribution in [2.75, 3.05) is 0 Å². The molecule has 94 valence electrons. The van der Waals surface area contributed by atoms with Crippen LogP contribution in [0.3, 0.4) is 0 Å². The SMILES string of the molecule is Cc1ccc2c(=O)[nH]c(=O)n(-c3cccnc3)c2n1. The van der Waals surface area contributed by atoms with Crippen LogP contribution in [0.4, 0.5) is 0 Å². The summed E-state index contributed by atoms with van der Waals surface area (Å²) in [6.07, 6.45) is 3.16. The molecule has 0 fully saturated rings. The van der Waals surface area contributed by atoms with Crippen LogP contribution >= 0.6 is 0 Å². The molecule has 0 unspecified atom stereocenters. The van der Waals surface area contributed by atoms with Gasteiger partial charge in [0.15, 0.2) is 5.65 Å². The van der Waals surface area contributed by atoms with E-state index in [-0.39, 0.29) is 0 Å². The normalized spacial score (nSPS) is 10.8. The molecule has 0 aliphatic rings. The second-order valence-corrected chi connectivity index (χ2v) is 4.13. The first-order valence-electron chi connectivity index (χ1n) is 5.70. The number of nitrogens with zero attached hydrogens (tertiary/aromatic N) is 3. The molecule has 0 saturated carbocycles. The van der Waals surface area contributed by atoms with Gasteiger partial charge in [-0.05, 0) is 31.2 Å². The molecule has 6 heteroatoms. The molecule has 3 heterocycles. The van der Waals surface area contributed by atoms with Gasteiger partial charge >= 0.3 is 5.69 Å². The van der Waals surface area contributed by atoms with Gasteiger partial charge in [-0.3, -0.25) is 14.8 Å². The Labute approximate surface area is 107 Å². The van der Waals surface area contributed by atoms with Crippen molar-refractivity contribution in [2.24, 2.45) is 0 Å². The molecular weight excluding hydrogens is 244 g/mol. The Morgan fingerprint density at radius 2 is 2.05 bits per heavy atom. The van der Waals surface area contributed by atoms with Crippen molar-refractivity contribution in [3.63, 3.8) is 0 Å². The summed E-state index contributed by atoms with van der Waals surface area (Å²) >= 11 is 0. The quantitative estimate of drug-likeness (QED) is 0.695. The lowest BCUT2D eigenvalue weighted by Crippen LogP contribution is -2.30. The summed E-state index contributed by atoms with van der Waals surface area (Å²) in [6.45, 7) is 1.80. The van der Waals surface area contributed by atoms with Crippen LogP contribution in [-0.4, -0.2) is 19.5 Å². The number of aromatic amines is 1. The van der Waals surface area contributed by atoms with Gasteiger partial charge in [0, 0.05) is 11.9 Å². The lowest BCUT2D eigenvalue weighted by Gasteiger charge is -2.08. The van der Waals surface area contributed by atoms with Crippen molar-refractivity contribution in [3.05, 3.63) is 63.2 Å². The standard InChI is InChI=1S/C13H10N4O2/c1-8-4-5-10-11(15-8)17(13(19)16-12(10)18)9-3-2-6-14-7-9/h2-7H,1H3,(H,16,18,19). The third-order valence-corrected chi connectivity index (χ3v) is 2.80. The average Bonchev–Trinajstić information content (AvgIpc) is 2.39. The molecule has 0 spiro atoms. The minimum absolute atomic E-state index is 0.335. The Bertz CT molecular complexity index is 865. The van der Waals surface area contributed by atoms with Gasteiger partial charge < -0.3 is 0 Å². The number of hydrogen-bond acceptors (Lipinski definition) is 4. The number of hydrogen-bond donors (Lipinski definition) is 1. The summed E-state index contributed by atoms with van der Waals surface area (Å²) < 4.78 is 1.34. The van der Waals surface area contributed by atoms with Crippen LogP contribution in [0.2, 0.25) is 0 Å². The maximum absolute atomic E-state index is 12.0. The van der Waals surface area contributed by atoms with E-state index in [0.29, 0.717) is 16.7 Å². The number of pyridine rings is 2. The maximum atomic E-state index is 12.0. The van der Waals surface area contributed by atoms with E-state index in [2.05, 4.69) is 15.0 Å². The zero-order valence-electron chi connectivity index (χ0n) is 10.1. The lowest BCUT2D eigenvalue weighted by molar-refractivity contribution is 0.915. The fourth-order valence-corrected chi connectivity index (χ4v) is 1.93. The molecule has 0 atom stereocenters. The molecule has 0 aliphatic heterocycles. The van der Waals surface area contributed by atoms with Crippen LogP contribution in [0.1, 0.15) is 5.69 Å². The molecule has 0 saturated heterocycles. The van der Waals surface area contributed by atoms with Crippen molar-refractivity contribution in [1.82, 2.24) is 19.5 Å². The third-order valence-electron chi connectivity index (χ3n) is 2.80. The summed E-state index contributed by atoms with van der Waals surface area (Å²) in [5.74, 6) is 0. The first kappa shape index (κ1) is 11.3. The van der Waals surface area contributed by atoms with Gasteiger partial charge in [0.1, 0.15) is 0 Å². The van der Waals surface area contributed by atoms with E-state index in [1.165, 1.54) is 4.57 Å². The minimum Gasteiger partial charge on any atom is -0.273 e. The Morgan fingerprint density at radius 1 is 1.21 bits per heavy atom. The molecule has 3 aromatic rings. The highest BCUT2D eigenvalue weighted by molar-refractivity contribution is 5.75. The van der Waals surface area contributed by atoms with Gasteiger partial charge in [-0.1, -0.05) is 0 Å². The van der Waals surface area contributed by atoms with E-state index in [1.807, 2.05) is 0 Å². The Kier molecular flexibility index (Phi) is 2.49. The molecule has 3 aromatic heterocycles. The van der Waals surface area contributed by atoms with E-state index >= 15 is 0 Å². The summed E-state index contributed by atoms with van der Waals surface area (Å²) in [7, 11) is 0. The second kappa shape index (κ2) is 4.16. The summed E-state index contributed by atoms with van der Waals surface area (Å²) in [4.78, 5) is 34.3. The Hall–Kier alpha value is -2.76. The van der Waals surface area contributed by atoms with Crippen LogP contribution in [0.25, 0.3) is 16.7 Å². The predicted octanol–water partition coefficient (Wildman–Crippen LogP) is 0.777. The van der Waals surface area contributed by atoms with Crippen molar-refractivity contribution in [3.8, 4) is 5.69 Å². The van der Waals surface area contributed by atoms with Crippen LogP contribution in [0.5, 0.6) is 0 Å². The van der Waals surface area contributed by atoms with Crippen LogP contribution in [0.15, 0.2) is 46.2 Å². The first-order chi connectivity index (χ1) is 9.16. The number of H-pyrrole nitrogens is 1. The van der Waals surface area contributed by atoms with Crippen LogP contribution in [0, 0.1) is 6.92 Å². The zero-order valence-corrected chi connectivity index (χ0v) is 10.1. The van der Waals surface area contributed by atoms with Crippen molar-refractivity contribution in [2.45, 2.75) is 6.92 Å². The molecule has 1 N–H and O–H groups in total. The summed E-state index contributed by atoms with van der Waals surface area (Å²) in [6, 6.07) is 6.84. The van der Waals surface area contributed by atoms with Gasteiger partial charge in [0.2, 0.25) is 0 Å². The molecule has 0 aromatic carbocycles. The van der Waals surface area contributed by atoms with E-state index in [4.69, 9.17) is 0 Å². The Morgan fingerprint density at radius 3 is 2.79 bits per heavy atom. The van der Waals surface area contributed by atoms with E-state index in [0.717, 1.165) is 5.69 Å². The Balaban J connectivity index is 2.51. The van der Waals surface area contributed by atoms with Crippen LogP contribution < -0.4 is 11.2 Å². The van der Waals surface area contributed by atoms with Crippen molar-refractivity contribution >= 4 is 11.0 Å². The molecule has 0 bridgehead atoms. The lowest BCUT2D eigenvalue weighted by atomic mass is 10.3. The van der Waals surface area contributed by atoms with Gasteiger partial charge in [0.05, 0.1) is 17.3 Å². The number of rotatable bonds is 1. The monoisotopic (exact) mass is 254 g/mol. The summed E-state index contributed by atoms with van der Waals surface area (Å²) in [5, 5.41) is 0.369. The highest BCUT2D eigenvalue weighted by atomic mass is 16.2. The largest absolute Gasteiger partial charge is 0.334 e. The molecule has 0 amide bonds. The third kappa shape index (κ3) is 1.83. The van der Waals surface area contributed by atoms with Gasteiger partial charge in [0.25, 0.3) is 5.56 Å². The molecule has 19 heavy (non-hydrogen) atoms. The van der Waals surface area contributed by atoms with Gasteiger partial charge in [-0.15, -0.1) is 0 Å². The zero-order chi connectivity index (χ0) is 13.4. The van der Waals surface area contributed by atoms with Gasteiger partial charge in [-0.2, -0.15) is 0 Å². The van der Waals surface area contributed by atoms with Crippen molar-refractivity contribution in [1.29, 1.82) is 0 Å². The highest BCUT2D eigenvalue weighted by Crippen LogP contribution is 2.10. The number of nitrogens with one attached hydrogen (secondary N) is 1. The van der Waals surface area contributed by atoms with E-state index < -0.39 is 11.2 Å². The number of fused-ring (bicyclic) bond motifs is 1. The first-order valence-corrected chi connectivity index (χ1v) is 5.70. The molecule has 0 radical (unpaired) electrons. The average molecular weight is 254 g/mol. The number of aryl methyl sites for hydroxylation is 1. The van der Waals surface area contributed by atoms with E-state index in [1.54, 1.807) is 43.6 Å². The molecular formula is C13H10N4O2. The molecule has 6 nitrogen and oxygen atoms in total. The molecule has 0 aliphatic carbocycles. The fourth-order valence-electron chi connectivity index (χ4n) is 1.93. The fraction of sp³-hybridized carbons (Fsp3) is 0.0769. The second-order valence-electron chi connectivity index (χ2n) is 4.13. The van der Waals surface area contributed by atoms with Crippen molar-refractivity contribution < 1.29 is 0 Å². The highest BCUT2D eigenvalue weighted by Gasteiger charge is 2.10. The maximum Gasteiger partial charge on any atom is 0.334 e. The topological polar surface area (TPSA) is 80.6 Å². The molecule has 3 rings (SSSR count). The van der Waals surface area contributed by atoms with E-state index in [9.17, 15) is 9.59 Å². The number of aromatic nitrogens is 4. The predicted molar refractivity (Wildman–Crippen MR) is 70.5 cm³/mol. The smallest absolute Gasteiger partial charge is 0.273 e. The minimum atomic E-state index is -0.524. The van der Waals surface area contributed by atoms with Crippen LogP contribution in [-0.2, 0) is 0 Å². The summed E-state index contributed by atoms with van der Waals surface area (Å²) in [5.41, 5.74) is 0.667. The van der Waals surface area contributed by atoms with Gasteiger partial charge in [-0.25, -0.2) is 14.3 Å².